The van der Waals surface area contributed by atoms with Crippen molar-refractivity contribution in [3.8, 4) is 0 Å². The molecular formula is C11H14ClFO2. The molecule has 0 amide bonds. The summed E-state index contributed by atoms with van der Waals surface area (Å²) >= 11 is 0. The Morgan fingerprint density at radius 1 is 1.40 bits per heavy atom. The summed E-state index contributed by atoms with van der Waals surface area (Å²) in [5, 5.41) is 8.97. The molecule has 0 saturated heterocycles. The summed E-state index contributed by atoms with van der Waals surface area (Å²) in [5.74, 6) is -1.99. The summed E-state index contributed by atoms with van der Waals surface area (Å²) in [4.78, 5) is 10.9. The smallest absolute Gasteiger partial charge is 0.311 e. The average Bonchev–Trinajstić information content (AvgIpc) is 2.02. The number of carboxylic acids is 1. The first-order valence-electron chi connectivity index (χ1n) is 4.50. The Kier molecular flexibility index (Phi) is 5.29. The summed E-state index contributed by atoms with van der Waals surface area (Å²) in [6.45, 7) is 3.62. The minimum Gasteiger partial charge on any atom is -0.481 e. The Balaban J connectivity index is 0.00000196. The molecule has 1 atom stereocenters. The fourth-order valence-corrected chi connectivity index (χ4v) is 1.51. The van der Waals surface area contributed by atoms with Crippen LogP contribution in [0.15, 0.2) is 24.3 Å². The molecule has 1 rings (SSSR count). The number of aliphatic carboxylic acids is 1. The highest BCUT2D eigenvalue weighted by Crippen LogP contribution is 2.24. The second-order valence-electron chi connectivity index (χ2n) is 3.61. The van der Waals surface area contributed by atoms with E-state index in [1.165, 1.54) is 18.2 Å². The van der Waals surface area contributed by atoms with E-state index in [9.17, 15) is 9.18 Å². The molecule has 0 fully saturated rings. The van der Waals surface area contributed by atoms with E-state index < -0.39 is 17.7 Å². The van der Waals surface area contributed by atoms with Crippen LogP contribution in [-0.2, 0) is 4.79 Å². The molecule has 0 saturated carbocycles. The van der Waals surface area contributed by atoms with Crippen LogP contribution < -0.4 is 0 Å². The topological polar surface area (TPSA) is 37.3 Å². The lowest BCUT2D eigenvalue weighted by molar-refractivity contribution is -0.139. The number of carbonyl (C=O) groups is 1. The predicted octanol–water partition coefficient (Wildman–Crippen LogP) is 3.07. The Morgan fingerprint density at radius 2 is 2.00 bits per heavy atom. The van der Waals surface area contributed by atoms with E-state index >= 15 is 0 Å². The van der Waals surface area contributed by atoms with Crippen LogP contribution in [0, 0.1) is 11.7 Å². The predicted molar refractivity (Wildman–Crippen MR) is 58.9 cm³/mol. The summed E-state index contributed by atoms with van der Waals surface area (Å²) < 4.78 is 12.9. The van der Waals surface area contributed by atoms with Crippen molar-refractivity contribution >= 4 is 18.4 Å². The van der Waals surface area contributed by atoms with Crippen molar-refractivity contribution in [2.75, 3.05) is 0 Å². The first kappa shape index (κ1) is 13.9. The first-order chi connectivity index (χ1) is 6.52. The highest BCUT2D eigenvalue weighted by atomic mass is 35.5. The van der Waals surface area contributed by atoms with Gasteiger partial charge in [-0.3, -0.25) is 4.79 Å². The van der Waals surface area contributed by atoms with E-state index in [2.05, 4.69) is 0 Å². The Labute approximate surface area is 94.5 Å². The van der Waals surface area contributed by atoms with Crippen molar-refractivity contribution < 1.29 is 14.3 Å². The SMILES string of the molecule is CC(C)C(C(=O)O)c1cccc(F)c1.Cl. The first-order valence-corrected chi connectivity index (χ1v) is 4.50. The third kappa shape index (κ3) is 3.51. The van der Waals surface area contributed by atoms with Gasteiger partial charge in [-0.15, -0.1) is 12.4 Å². The van der Waals surface area contributed by atoms with Crippen molar-refractivity contribution in [2.45, 2.75) is 19.8 Å². The molecule has 0 bridgehead atoms. The molecule has 84 valence electrons. The summed E-state index contributed by atoms with van der Waals surface area (Å²) in [7, 11) is 0. The number of rotatable bonds is 3. The largest absolute Gasteiger partial charge is 0.481 e. The van der Waals surface area contributed by atoms with E-state index in [-0.39, 0.29) is 18.3 Å². The quantitative estimate of drug-likeness (QED) is 0.870. The van der Waals surface area contributed by atoms with Gasteiger partial charge in [0.15, 0.2) is 0 Å². The molecule has 0 aliphatic carbocycles. The van der Waals surface area contributed by atoms with E-state index in [1.54, 1.807) is 6.07 Å². The molecule has 0 radical (unpaired) electrons. The molecule has 1 N–H and O–H groups in total. The van der Waals surface area contributed by atoms with Gasteiger partial charge in [0.1, 0.15) is 5.82 Å². The number of hydrogen-bond acceptors (Lipinski definition) is 1. The maximum atomic E-state index is 12.9. The van der Waals surface area contributed by atoms with Crippen LogP contribution in [0.25, 0.3) is 0 Å². The van der Waals surface area contributed by atoms with Gasteiger partial charge in [0.25, 0.3) is 0 Å². The van der Waals surface area contributed by atoms with Crippen molar-refractivity contribution in [3.05, 3.63) is 35.6 Å². The number of hydrogen-bond donors (Lipinski definition) is 1. The van der Waals surface area contributed by atoms with Crippen LogP contribution in [0.4, 0.5) is 4.39 Å². The lowest BCUT2D eigenvalue weighted by atomic mass is 9.88. The van der Waals surface area contributed by atoms with Crippen LogP contribution in [-0.4, -0.2) is 11.1 Å². The van der Waals surface area contributed by atoms with E-state index in [0.717, 1.165) is 0 Å². The lowest BCUT2D eigenvalue weighted by Gasteiger charge is -2.16. The highest BCUT2D eigenvalue weighted by Gasteiger charge is 2.23. The second kappa shape index (κ2) is 5.71. The summed E-state index contributed by atoms with van der Waals surface area (Å²) in [6.07, 6.45) is 0. The van der Waals surface area contributed by atoms with Crippen LogP contribution in [0.2, 0.25) is 0 Å². The van der Waals surface area contributed by atoms with E-state index in [4.69, 9.17) is 5.11 Å². The minimum absolute atomic E-state index is 0. The molecule has 1 aromatic rings. The van der Waals surface area contributed by atoms with Crippen LogP contribution in [0.5, 0.6) is 0 Å². The lowest BCUT2D eigenvalue weighted by Crippen LogP contribution is -2.17. The Morgan fingerprint density at radius 3 is 2.40 bits per heavy atom. The molecule has 0 aliphatic heterocycles. The van der Waals surface area contributed by atoms with Gasteiger partial charge in [0.2, 0.25) is 0 Å². The maximum absolute atomic E-state index is 12.9. The Bertz CT molecular complexity index is 339. The van der Waals surface area contributed by atoms with Crippen LogP contribution >= 0.6 is 12.4 Å². The minimum atomic E-state index is -0.911. The summed E-state index contributed by atoms with van der Waals surface area (Å²) in [5.41, 5.74) is 0.521. The molecule has 0 heterocycles. The van der Waals surface area contributed by atoms with Crippen molar-refractivity contribution in [1.29, 1.82) is 0 Å². The van der Waals surface area contributed by atoms with Gasteiger partial charge in [-0.25, -0.2) is 4.39 Å². The third-order valence-corrected chi connectivity index (χ3v) is 2.14. The molecule has 4 heteroatoms. The fourth-order valence-electron chi connectivity index (χ4n) is 1.51. The maximum Gasteiger partial charge on any atom is 0.311 e. The van der Waals surface area contributed by atoms with Gasteiger partial charge in [-0.05, 0) is 23.6 Å². The average molecular weight is 233 g/mol. The standard InChI is InChI=1S/C11H13FO2.ClH/c1-7(2)10(11(13)14)8-4-3-5-9(12)6-8;/h3-7,10H,1-2H3,(H,13,14);1H. The summed E-state index contributed by atoms with van der Waals surface area (Å²) in [6, 6.07) is 5.76. The zero-order valence-corrected chi connectivity index (χ0v) is 9.42. The van der Waals surface area contributed by atoms with Crippen molar-refractivity contribution in [3.63, 3.8) is 0 Å². The van der Waals surface area contributed by atoms with Gasteiger partial charge in [0, 0.05) is 0 Å². The fraction of sp³-hybridized carbons (Fsp3) is 0.364. The van der Waals surface area contributed by atoms with Crippen LogP contribution in [0.3, 0.4) is 0 Å². The molecule has 0 aromatic heterocycles. The molecule has 15 heavy (non-hydrogen) atoms. The molecule has 0 spiro atoms. The number of halogens is 2. The number of benzene rings is 1. The van der Waals surface area contributed by atoms with Gasteiger partial charge < -0.3 is 5.11 Å². The normalized spacial score (nSPS) is 12.0. The van der Waals surface area contributed by atoms with Gasteiger partial charge in [-0.2, -0.15) is 0 Å². The molecular weight excluding hydrogens is 219 g/mol. The van der Waals surface area contributed by atoms with E-state index in [1.807, 2.05) is 13.8 Å². The zero-order chi connectivity index (χ0) is 10.7. The zero-order valence-electron chi connectivity index (χ0n) is 8.61. The highest BCUT2D eigenvalue weighted by molar-refractivity contribution is 5.85. The number of carboxylic acid groups (broad SMARTS) is 1. The second-order valence-corrected chi connectivity index (χ2v) is 3.61. The molecule has 1 unspecified atom stereocenters. The van der Waals surface area contributed by atoms with Gasteiger partial charge in [0.05, 0.1) is 5.92 Å². The molecule has 2 nitrogen and oxygen atoms in total. The van der Waals surface area contributed by atoms with Crippen molar-refractivity contribution in [1.82, 2.24) is 0 Å². The van der Waals surface area contributed by atoms with E-state index in [0.29, 0.717) is 5.56 Å². The monoisotopic (exact) mass is 232 g/mol. The molecule has 0 aliphatic rings. The van der Waals surface area contributed by atoms with Gasteiger partial charge >= 0.3 is 5.97 Å². The third-order valence-electron chi connectivity index (χ3n) is 2.14. The van der Waals surface area contributed by atoms with Crippen molar-refractivity contribution in [2.24, 2.45) is 5.92 Å². The van der Waals surface area contributed by atoms with Gasteiger partial charge in [-0.1, -0.05) is 26.0 Å². The Hall–Kier alpha value is -1.09. The molecule has 1 aromatic carbocycles. The van der Waals surface area contributed by atoms with Crippen LogP contribution in [0.1, 0.15) is 25.3 Å².